The zero-order chi connectivity index (χ0) is 12.3. The van der Waals surface area contributed by atoms with Crippen molar-refractivity contribution in [2.24, 2.45) is 5.73 Å². The number of pyridine rings is 1. The van der Waals surface area contributed by atoms with Gasteiger partial charge in [0.05, 0.1) is 5.69 Å². The van der Waals surface area contributed by atoms with Crippen molar-refractivity contribution in [3.63, 3.8) is 0 Å². The third-order valence-corrected chi connectivity index (χ3v) is 2.51. The maximum absolute atomic E-state index is 12.0. The van der Waals surface area contributed by atoms with Crippen molar-refractivity contribution < 1.29 is 22.7 Å². The molecule has 1 rings (SSSR count). The predicted octanol–water partition coefficient (Wildman–Crippen LogP) is 1.86. The molecule has 0 amide bonds. The highest BCUT2D eigenvalue weighted by atomic mass is 127. The largest absolute Gasteiger partial charge is 0.573 e. The average Bonchev–Trinajstić information content (AvgIpc) is 2.16. The second-order valence-corrected chi connectivity index (χ2v) is 3.83. The molecule has 2 N–H and O–H groups in total. The van der Waals surface area contributed by atoms with Gasteiger partial charge in [-0.1, -0.05) is 0 Å². The van der Waals surface area contributed by atoms with Gasteiger partial charge in [-0.3, -0.25) is 4.79 Å². The molecule has 0 fully saturated rings. The minimum atomic E-state index is -4.85. The summed E-state index contributed by atoms with van der Waals surface area (Å²) in [6, 6.07) is 1.08. The van der Waals surface area contributed by atoms with E-state index in [1.807, 2.05) is 0 Å². The van der Waals surface area contributed by atoms with Crippen LogP contribution >= 0.6 is 22.6 Å². The molecular formula is C8H6F3IN2O2. The van der Waals surface area contributed by atoms with Crippen molar-refractivity contribution in [3.05, 3.63) is 21.0 Å². The van der Waals surface area contributed by atoms with Crippen molar-refractivity contribution >= 4 is 28.9 Å². The Bertz CT molecular complexity index is 409. The molecule has 1 aromatic heterocycles. The number of alkyl halides is 3. The van der Waals surface area contributed by atoms with Crippen LogP contribution in [0, 0.1) is 3.57 Å². The maximum Gasteiger partial charge on any atom is 0.573 e. The lowest BCUT2D eigenvalue weighted by atomic mass is 10.3. The molecule has 0 aliphatic carbocycles. The summed E-state index contributed by atoms with van der Waals surface area (Å²) in [5, 5.41) is 0. The molecule has 0 bridgehead atoms. The number of halogens is 4. The van der Waals surface area contributed by atoms with Gasteiger partial charge in [0, 0.05) is 10.1 Å². The van der Waals surface area contributed by atoms with Gasteiger partial charge in [0.1, 0.15) is 5.69 Å². The van der Waals surface area contributed by atoms with E-state index in [9.17, 15) is 18.0 Å². The Morgan fingerprint density at radius 2 is 2.19 bits per heavy atom. The molecule has 16 heavy (non-hydrogen) atoms. The summed E-state index contributed by atoms with van der Waals surface area (Å²) in [6.07, 6.45) is -4.66. The fraction of sp³-hybridized carbons (Fsp3) is 0.250. The molecule has 4 nitrogen and oxygen atoms in total. The van der Waals surface area contributed by atoms with Gasteiger partial charge < -0.3 is 10.5 Å². The van der Waals surface area contributed by atoms with Crippen LogP contribution in [0.5, 0.6) is 5.75 Å². The highest BCUT2D eigenvalue weighted by Crippen LogP contribution is 2.27. The lowest BCUT2D eigenvalue weighted by Crippen LogP contribution is -2.19. The van der Waals surface area contributed by atoms with E-state index >= 15 is 0 Å². The number of hydrogen-bond acceptors (Lipinski definition) is 4. The summed E-state index contributed by atoms with van der Waals surface area (Å²) in [7, 11) is 0. The Kier molecular flexibility index (Phi) is 4.08. The molecule has 0 saturated carbocycles. The lowest BCUT2D eigenvalue weighted by molar-refractivity contribution is -0.274. The smallest absolute Gasteiger partial charge is 0.403 e. The van der Waals surface area contributed by atoms with Crippen LogP contribution in [0.4, 0.5) is 13.2 Å². The Morgan fingerprint density at radius 3 is 2.62 bits per heavy atom. The van der Waals surface area contributed by atoms with E-state index in [1.165, 1.54) is 0 Å². The lowest BCUT2D eigenvalue weighted by Gasteiger charge is -2.11. The standard InChI is InChI=1S/C8H6F3IN2O2/c9-8(10,11)16-7-1-4(12)5(2-13)14-6(7)3-15/h1,3H,2,13H2. The molecule has 0 radical (unpaired) electrons. The van der Waals surface area contributed by atoms with Crippen molar-refractivity contribution in [1.29, 1.82) is 0 Å². The predicted molar refractivity (Wildman–Crippen MR) is 56.9 cm³/mol. The molecule has 8 heteroatoms. The van der Waals surface area contributed by atoms with Crippen molar-refractivity contribution in [2.75, 3.05) is 0 Å². The first-order valence-corrected chi connectivity index (χ1v) is 5.05. The van der Waals surface area contributed by atoms with Crippen LogP contribution in [0.2, 0.25) is 0 Å². The number of hydrogen-bond donors (Lipinski definition) is 1. The minimum absolute atomic E-state index is 0.0331. The monoisotopic (exact) mass is 346 g/mol. The number of aldehydes is 1. The van der Waals surface area contributed by atoms with Gasteiger partial charge in [0.2, 0.25) is 0 Å². The molecule has 1 heterocycles. The highest BCUT2D eigenvalue weighted by Gasteiger charge is 2.32. The van der Waals surface area contributed by atoms with E-state index in [2.05, 4.69) is 9.72 Å². The molecule has 0 atom stereocenters. The van der Waals surface area contributed by atoms with Crippen LogP contribution in [0.15, 0.2) is 6.07 Å². The second kappa shape index (κ2) is 4.95. The van der Waals surface area contributed by atoms with Crippen LogP contribution in [-0.2, 0) is 6.54 Å². The van der Waals surface area contributed by atoms with E-state index in [0.717, 1.165) is 6.07 Å². The third kappa shape index (κ3) is 3.30. The van der Waals surface area contributed by atoms with Crippen LogP contribution in [-0.4, -0.2) is 17.6 Å². The Balaban J connectivity index is 3.18. The van der Waals surface area contributed by atoms with E-state index in [-0.39, 0.29) is 12.8 Å². The van der Waals surface area contributed by atoms with Gasteiger partial charge >= 0.3 is 6.36 Å². The number of ether oxygens (including phenoxy) is 1. The molecule has 0 aliphatic rings. The van der Waals surface area contributed by atoms with Gasteiger partial charge in [-0.25, -0.2) is 4.98 Å². The zero-order valence-corrected chi connectivity index (χ0v) is 9.87. The normalized spacial score (nSPS) is 11.3. The SMILES string of the molecule is NCc1nc(C=O)c(OC(F)(F)F)cc1I. The first kappa shape index (κ1) is 13.2. The first-order valence-electron chi connectivity index (χ1n) is 3.97. The maximum atomic E-state index is 12.0. The van der Waals surface area contributed by atoms with Crippen LogP contribution in [0.1, 0.15) is 16.2 Å². The Hall–Kier alpha value is -0.900. The second-order valence-electron chi connectivity index (χ2n) is 2.67. The number of carbonyl (C=O) groups excluding carboxylic acids is 1. The summed E-state index contributed by atoms with van der Waals surface area (Å²) < 4.78 is 40.0. The molecule has 0 aromatic carbocycles. The quantitative estimate of drug-likeness (QED) is 0.670. The summed E-state index contributed by atoms with van der Waals surface area (Å²) >= 11 is 1.76. The van der Waals surface area contributed by atoms with Crippen molar-refractivity contribution in [2.45, 2.75) is 12.9 Å². The van der Waals surface area contributed by atoms with Gasteiger partial charge in [-0.2, -0.15) is 0 Å². The number of aromatic nitrogens is 1. The number of rotatable bonds is 3. The van der Waals surface area contributed by atoms with Crippen LogP contribution < -0.4 is 10.5 Å². The zero-order valence-electron chi connectivity index (χ0n) is 7.71. The summed E-state index contributed by atoms with van der Waals surface area (Å²) in [5.74, 6) is -0.621. The Labute approximate surface area is 102 Å². The summed E-state index contributed by atoms with van der Waals surface area (Å²) in [4.78, 5) is 14.2. The fourth-order valence-corrected chi connectivity index (χ4v) is 1.58. The minimum Gasteiger partial charge on any atom is -0.403 e. The van der Waals surface area contributed by atoms with E-state index in [4.69, 9.17) is 5.73 Å². The van der Waals surface area contributed by atoms with Gasteiger partial charge in [-0.15, -0.1) is 13.2 Å². The first-order chi connectivity index (χ1) is 7.37. The topological polar surface area (TPSA) is 65.2 Å². The van der Waals surface area contributed by atoms with E-state index in [0.29, 0.717) is 9.26 Å². The van der Waals surface area contributed by atoms with Gasteiger partial charge in [0.15, 0.2) is 12.0 Å². The summed E-state index contributed by atoms with van der Waals surface area (Å²) in [5.41, 5.74) is 5.23. The molecule has 1 aromatic rings. The number of nitrogens with zero attached hydrogens (tertiary/aromatic N) is 1. The molecular weight excluding hydrogens is 340 g/mol. The van der Waals surface area contributed by atoms with Crippen LogP contribution in [0.3, 0.4) is 0 Å². The third-order valence-electron chi connectivity index (χ3n) is 1.57. The number of nitrogens with two attached hydrogens (primary N) is 1. The Morgan fingerprint density at radius 1 is 1.56 bits per heavy atom. The average molecular weight is 346 g/mol. The fourth-order valence-electron chi connectivity index (χ4n) is 0.960. The summed E-state index contributed by atoms with van der Waals surface area (Å²) in [6.45, 7) is 0.0331. The van der Waals surface area contributed by atoms with Crippen molar-refractivity contribution in [1.82, 2.24) is 4.98 Å². The molecule has 0 aliphatic heterocycles. The molecule has 0 spiro atoms. The molecule has 88 valence electrons. The van der Waals surface area contributed by atoms with Gasteiger partial charge in [0.25, 0.3) is 0 Å². The molecule has 0 unspecified atom stereocenters. The molecule has 0 saturated heterocycles. The highest BCUT2D eigenvalue weighted by molar-refractivity contribution is 14.1. The van der Waals surface area contributed by atoms with E-state index in [1.54, 1.807) is 22.6 Å². The van der Waals surface area contributed by atoms with Crippen LogP contribution in [0.25, 0.3) is 0 Å². The number of carbonyl (C=O) groups is 1. The van der Waals surface area contributed by atoms with Gasteiger partial charge in [-0.05, 0) is 28.7 Å². The van der Waals surface area contributed by atoms with E-state index < -0.39 is 17.8 Å². The van der Waals surface area contributed by atoms with Crippen molar-refractivity contribution in [3.8, 4) is 5.75 Å².